The molecule has 0 unspecified atom stereocenters. The maximum Gasteiger partial charge on any atom is 0.363 e. The van der Waals surface area contributed by atoms with E-state index in [9.17, 15) is 9.59 Å². The maximum absolute atomic E-state index is 13.0. The molecule has 5 rings (SSSR count). The fraction of sp³-hybridized carbons (Fsp3) is 0.100. The average molecular weight is 478 g/mol. The summed E-state index contributed by atoms with van der Waals surface area (Å²) in [6.07, 6.45) is 1.61. The van der Waals surface area contributed by atoms with Gasteiger partial charge in [0, 0.05) is 5.56 Å². The largest absolute Gasteiger partial charge is 0.490 e. The summed E-state index contributed by atoms with van der Waals surface area (Å²) < 4.78 is 16.8. The highest BCUT2D eigenvalue weighted by atomic mass is 16.6. The number of esters is 2. The normalized spacial score (nSPS) is 14.0. The first-order chi connectivity index (χ1) is 17.5. The molecule has 0 amide bonds. The lowest BCUT2D eigenvalue weighted by Gasteiger charge is -2.12. The monoisotopic (exact) mass is 477 g/mol. The van der Waals surface area contributed by atoms with Crippen LogP contribution >= 0.6 is 0 Å². The van der Waals surface area contributed by atoms with Gasteiger partial charge in [-0.3, -0.25) is 0 Å². The SMILES string of the molecule is CCOc1cc(/C=C2\N=C(c3ccc(C)cc3)OC2=O)ccc1OC(=O)c1cccc2ccccc12. The summed E-state index contributed by atoms with van der Waals surface area (Å²) in [4.78, 5) is 29.8. The number of aryl methyl sites for hydroxylation is 1. The van der Waals surface area contributed by atoms with Crippen LogP contribution in [0.2, 0.25) is 0 Å². The van der Waals surface area contributed by atoms with Crippen LogP contribution in [0.1, 0.15) is 34.0 Å². The number of hydrogen-bond acceptors (Lipinski definition) is 6. The standard InChI is InChI=1S/C30H23NO5/c1-3-34-27-18-20(17-25-30(33)36-28(31-25)22-14-11-19(2)12-15-22)13-16-26(27)35-29(32)24-10-6-8-21-7-4-5-9-23(21)24/h4-18H,3H2,1-2H3/b25-17-. The summed E-state index contributed by atoms with van der Waals surface area (Å²) in [5, 5.41) is 1.76. The molecule has 0 bridgehead atoms. The minimum atomic E-state index is -0.532. The van der Waals surface area contributed by atoms with Crippen molar-refractivity contribution in [2.45, 2.75) is 13.8 Å². The second-order valence-corrected chi connectivity index (χ2v) is 8.26. The molecule has 0 atom stereocenters. The van der Waals surface area contributed by atoms with Crippen molar-refractivity contribution in [3.05, 3.63) is 113 Å². The Hall–Kier alpha value is -4.71. The van der Waals surface area contributed by atoms with Crippen molar-refractivity contribution in [1.82, 2.24) is 0 Å². The van der Waals surface area contributed by atoms with Gasteiger partial charge in [-0.15, -0.1) is 0 Å². The zero-order chi connectivity index (χ0) is 25.1. The van der Waals surface area contributed by atoms with Gasteiger partial charge in [0.15, 0.2) is 17.2 Å². The first-order valence-electron chi connectivity index (χ1n) is 11.6. The van der Waals surface area contributed by atoms with Crippen LogP contribution in [-0.4, -0.2) is 24.4 Å². The Bertz CT molecular complexity index is 1530. The lowest BCUT2D eigenvalue weighted by Crippen LogP contribution is -2.10. The van der Waals surface area contributed by atoms with Gasteiger partial charge in [0.05, 0.1) is 12.2 Å². The summed E-state index contributed by atoms with van der Waals surface area (Å²) in [5.41, 5.74) is 3.12. The highest BCUT2D eigenvalue weighted by Gasteiger charge is 2.24. The quantitative estimate of drug-likeness (QED) is 0.190. The Morgan fingerprint density at radius 2 is 1.72 bits per heavy atom. The number of hydrogen-bond donors (Lipinski definition) is 0. The van der Waals surface area contributed by atoms with Crippen LogP contribution in [0, 0.1) is 6.92 Å². The number of fused-ring (bicyclic) bond motifs is 1. The van der Waals surface area contributed by atoms with Crippen molar-refractivity contribution >= 4 is 34.7 Å². The Balaban J connectivity index is 1.42. The Morgan fingerprint density at radius 3 is 2.53 bits per heavy atom. The summed E-state index contributed by atoms with van der Waals surface area (Å²) in [6.45, 7) is 4.20. The molecule has 178 valence electrons. The van der Waals surface area contributed by atoms with Gasteiger partial charge < -0.3 is 14.2 Å². The zero-order valence-electron chi connectivity index (χ0n) is 19.9. The first-order valence-corrected chi connectivity index (χ1v) is 11.6. The van der Waals surface area contributed by atoms with Crippen LogP contribution in [0.5, 0.6) is 11.5 Å². The molecule has 1 aliphatic rings. The van der Waals surface area contributed by atoms with Gasteiger partial charge >= 0.3 is 11.9 Å². The van der Waals surface area contributed by atoms with Gasteiger partial charge in [-0.05, 0) is 66.6 Å². The summed E-state index contributed by atoms with van der Waals surface area (Å²) in [5.74, 6) is -0.0817. The lowest BCUT2D eigenvalue weighted by molar-refractivity contribution is -0.129. The van der Waals surface area contributed by atoms with Crippen molar-refractivity contribution in [1.29, 1.82) is 0 Å². The predicted octanol–water partition coefficient (Wildman–Crippen LogP) is 6.11. The van der Waals surface area contributed by atoms with Crippen molar-refractivity contribution < 1.29 is 23.8 Å². The fourth-order valence-corrected chi connectivity index (χ4v) is 3.91. The molecule has 4 aromatic carbocycles. The van der Waals surface area contributed by atoms with Crippen LogP contribution in [-0.2, 0) is 9.53 Å². The smallest absolute Gasteiger partial charge is 0.363 e. The van der Waals surface area contributed by atoms with Gasteiger partial charge in [-0.25, -0.2) is 14.6 Å². The molecular weight excluding hydrogens is 454 g/mol. The second kappa shape index (κ2) is 9.88. The maximum atomic E-state index is 13.0. The minimum absolute atomic E-state index is 0.175. The number of cyclic esters (lactones) is 1. The van der Waals surface area contributed by atoms with E-state index in [-0.39, 0.29) is 17.3 Å². The zero-order valence-corrected chi connectivity index (χ0v) is 19.9. The summed E-state index contributed by atoms with van der Waals surface area (Å²) in [6, 6.07) is 25.8. The van der Waals surface area contributed by atoms with E-state index in [2.05, 4.69) is 4.99 Å². The number of carbonyl (C=O) groups excluding carboxylic acids is 2. The molecular formula is C30H23NO5. The fourth-order valence-electron chi connectivity index (χ4n) is 3.91. The average Bonchev–Trinajstić information content (AvgIpc) is 3.25. The van der Waals surface area contributed by atoms with E-state index in [0.717, 1.165) is 21.9 Å². The van der Waals surface area contributed by atoms with Crippen molar-refractivity contribution in [2.75, 3.05) is 6.61 Å². The van der Waals surface area contributed by atoms with Crippen LogP contribution in [0.3, 0.4) is 0 Å². The first kappa shape index (κ1) is 23.1. The number of benzene rings is 4. The number of nitrogens with zero attached hydrogens (tertiary/aromatic N) is 1. The third-order valence-electron chi connectivity index (χ3n) is 5.70. The van der Waals surface area contributed by atoms with Crippen molar-refractivity contribution in [3.63, 3.8) is 0 Å². The Morgan fingerprint density at radius 1 is 0.944 bits per heavy atom. The molecule has 1 heterocycles. The predicted molar refractivity (Wildman–Crippen MR) is 138 cm³/mol. The molecule has 0 N–H and O–H groups in total. The number of carbonyl (C=O) groups is 2. The van der Waals surface area contributed by atoms with Crippen molar-refractivity contribution in [2.24, 2.45) is 4.99 Å². The van der Waals surface area contributed by atoms with Gasteiger partial charge in [-0.1, -0.05) is 60.2 Å². The third kappa shape index (κ3) is 4.74. The van der Waals surface area contributed by atoms with Crippen molar-refractivity contribution in [3.8, 4) is 11.5 Å². The minimum Gasteiger partial charge on any atom is -0.490 e. The number of aliphatic imine (C=N–C) groups is 1. The molecule has 6 heteroatoms. The Labute approximate surface area is 208 Å². The number of ether oxygens (including phenoxy) is 3. The lowest BCUT2D eigenvalue weighted by atomic mass is 10.0. The van der Waals surface area contributed by atoms with E-state index in [0.29, 0.717) is 23.5 Å². The highest BCUT2D eigenvalue weighted by Crippen LogP contribution is 2.31. The molecule has 0 aromatic heterocycles. The van der Waals surface area contributed by atoms with Gasteiger partial charge in [0.25, 0.3) is 0 Å². The van der Waals surface area contributed by atoms with E-state index in [1.54, 1.807) is 30.3 Å². The highest BCUT2D eigenvalue weighted by molar-refractivity contribution is 6.13. The third-order valence-corrected chi connectivity index (χ3v) is 5.70. The topological polar surface area (TPSA) is 74.2 Å². The van der Waals surface area contributed by atoms with Gasteiger partial charge in [0.2, 0.25) is 5.90 Å². The molecule has 0 fully saturated rings. The molecule has 0 spiro atoms. The molecule has 36 heavy (non-hydrogen) atoms. The summed E-state index contributed by atoms with van der Waals surface area (Å²) in [7, 11) is 0. The molecule has 0 aliphatic carbocycles. The van der Waals surface area contributed by atoms with E-state index < -0.39 is 11.9 Å². The van der Waals surface area contributed by atoms with Crippen LogP contribution < -0.4 is 9.47 Å². The van der Waals surface area contributed by atoms with Crippen LogP contribution in [0.4, 0.5) is 0 Å². The second-order valence-electron chi connectivity index (χ2n) is 8.26. The van der Waals surface area contributed by atoms with Crippen LogP contribution in [0.25, 0.3) is 16.8 Å². The molecule has 1 aliphatic heterocycles. The molecule has 6 nitrogen and oxygen atoms in total. The van der Waals surface area contributed by atoms with E-state index >= 15 is 0 Å². The summed E-state index contributed by atoms with van der Waals surface area (Å²) >= 11 is 0. The van der Waals surface area contributed by atoms with Gasteiger partial charge in [0.1, 0.15) is 0 Å². The van der Waals surface area contributed by atoms with Gasteiger partial charge in [-0.2, -0.15) is 0 Å². The molecule has 4 aromatic rings. The van der Waals surface area contributed by atoms with Crippen LogP contribution in [0.15, 0.2) is 95.6 Å². The van der Waals surface area contributed by atoms with E-state index in [4.69, 9.17) is 14.2 Å². The van der Waals surface area contributed by atoms with E-state index in [1.807, 2.05) is 74.5 Å². The molecule has 0 saturated heterocycles. The molecule has 0 saturated carbocycles. The number of rotatable bonds is 6. The Kier molecular flexibility index (Phi) is 6.33. The van der Waals surface area contributed by atoms with E-state index in [1.165, 1.54) is 0 Å². The molecule has 0 radical (unpaired) electrons.